The molecular formula is C15H14F2N2O3S. The lowest BCUT2D eigenvalue weighted by Gasteiger charge is -2.15. The Morgan fingerprint density at radius 1 is 1.26 bits per heavy atom. The Labute approximate surface area is 134 Å². The maximum absolute atomic E-state index is 14.0. The third-order valence-corrected chi connectivity index (χ3v) is 4.15. The molecule has 23 heavy (non-hydrogen) atoms. The molecule has 0 saturated carbocycles. The summed E-state index contributed by atoms with van der Waals surface area (Å²) in [6, 6.07) is 6.62. The molecule has 0 aliphatic rings. The fraction of sp³-hybridized carbons (Fsp3) is 0.133. The molecule has 3 N–H and O–H groups in total. The van der Waals surface area contributed by atoms with Gasteiger partial charge in [-0.2, -0.15) is 0 Å². The Balaban J connectivity index is 2.47. The largest absolute Gasteiger partial charge is 0.612 e. The van der Waals surface area contributed by atoms with Crippen LogP contribution in [0.5, 0.6) is 0 Å². The average Bonchev–Trinajstić information content (AvgIpc) is 2.52. The van der Waals surface area contributed by atoms with Crippen molar-refractivity contribution in [3.05, 3.63) is 53.1 Å². The molecular weight excluding hydrogens is 326 g/mol. The topological polar surface area (TPSA) is 84.4 Å². The molecule has 5 nitrogen and oxygen atoms in total. The molecule has 0 bridgehead atoms. The van der Waals surface area contributed by atoms with Crippen LogP contribution in [0.3, 0.4) is 0 Å². The zero-order valence-corrected chi connectivity index (χ0v) is 13.1. The molecule has 0 fully saturated rings. The average molecular weight is 340 g/mol. The Bertz CT molecular complexity index is 754. The zero-order valence-electron chi connectivity index (χ0n) is 12.3. The summed E-state index contributed by atoms with van der Waals surface area (Å²) >= 11 is -1.17. The second-order valence-electron chi connectivity index (χ2n) is 4.78. The Morgan fingerprint density at radius 2 is 1.96 bits per heavy atom. The van der Waals surface area contributed by atoms with Crippen LogP contribution >= 0.6 is 0 Å². The third kappa shape index (κ3) is 3.61. The predicted octanol–water partition coefficient (Wildman–Crippen LogP) is 2.87. The Morgan fingerprint density at radius 3 is 2.52 bits per heavy atom. The van der Waals surface area contributed by atoms with E-state index < -0.39 is 34.4 Å². The number of aryl methyl sites for hydroxylation is 1. The molecule has 0 spiro atoms. The van der Waals surface area contributed by atoms with Crippen molar-refractivity contribution < 1.29 is 23.3 Å². The van der Waals surface area contributed by atoms with Crippen LogP contribution < -0.4 is 10.8 Å². The van der Waals surface area contributed by atoms with E-state index in [1.54, 1.807) is 25.1 Å². The minimum atomic E-state index is -1.24. The summed E-state index contributed by atoms with van der Waals surface area (Å²) in [4.78, 5) is 12.2. The maximum Gasteiger partial charge on any atom is 0.276 e. The Hall–Kier alpha value is -2.16. The highest BCUT2D eigenvalue weighted by Gasteiger charge is 2.19. The standard InChI is InChI=1S/C15H14F2N2O3S/c1-8-7-9(23(2)22)3-6-12(8)18-14-10(15(20)19-21)4-5-11(16)13(14)17/h3-7,18,21H,1-2H3,(H,19,20). The predicted molar refractivity (Wildman–Crippen MR) is 82.4 cm³/mol. The number of halogens is 2. The first-order valence-corrected chi connectivity index (χ1v) is 8.04. The number of carbonyl (C=O) groups is 1. The molecule has 2 aromatic rings. The monoisotopic (exact) mass is 340 g/mol. The minimum absolute atomic E-state index is 0.256. The second kappa shape index (κ2) is 6.95. The molecule has 0 radical (unpaired) electrons. The molecule has 2 rings (SSSR count). The number of rotatable bonds is 4. The van der Waals surface area contributed by atoms with Crippen LogP contribution in [0.4, 0.5) is 20.2 Å². The van der Waals surface area contributed by atoms with Crippen molar-refractivity contribution in [2.24, 2.45) is 0 Å². The molecule has 0 saturated heterocycles. The lowest BCUT2D eigenvalue weighted by atomic mass is 10.1. The van der Waals surface area contributed by atoms with Crippen LogP contribution in [0, 0.1) is 18.6 Å². The first-order chi connectivity index (χ1) is 10.8. The number of amides is 1. The van der Waals surface area contributed by atoms with Crippen molar-refractivity contribution in [3.63, 3.8) is 0 Å². The van der Waals surface area contributed by atoms with Gasteiger partial charge in [-0.25, -0.2) is 14.3 Å². The molecule has 0 aliphatic carbocycles. The zero-order chi connectivity index (χ0) is 17.1. The highest BCUT2D eigenvalue weighted by atomic mass is 32.2. The van der Waals surface area contributed by atoms with E-state index in [0.29, 0.717) is 16.1 Å². The molecule has 8 heteroatoms. The molecule has 1 atom stereocenters. The van der Waals surface area contributed by atoms with Gasteiger partial charge in [0.25, 0.3) is 5.91 Å². The van der Waals surface area contributed by atoms with Gasteiger partial charge in [0.15, 0.2) is 16.5 Å². The molecule has 0 aliphatic heterocycles. The van der Waals surface area contributed by atoms with Gasteiger partial charge in [0, 0.05) is 5.69 Å². The van der Waals surface area contributed by atoms with Crippen molar-refractivity contribution in [1.29, 1.82) is 0 Å². The quantitative estimate of drug-likeness (QED) is 0.454. The van der Waals surface area contributed by atoms with Crippen LogP contribution in [0.2, 0.25) is 0 Å². The van der Waals surface area contributed by atoms with Gasteiger partial charge in [0.2, 0.25) is 0 Å². The summed E-state index contributed by atoms with van der Waals surface area (Å²) in [5, 5.41) is 11.4. The van der Waals surface area contributed by atoms with Gasteiger partial charge >= 0.3 is 0 Å². The SMILES string of the molecule is Cc1cc([S+](C)[O-])ccc1Nc1c(C(=O)NO)ccc(F)c1F. The Kier molecular flexibility index (Phi) is 5.19. The minimum Gasteiger partial charge on any atom is -0.612 e. The maximum atomic E-state index is 14.0. The smallest absolute Gasteiger partial charge is 0.276 e. The van der Waals surface area contributed by atoms with Gasteiger partial charge < -0.3 is 9.87 Å². The first-order valence-electron chi connectivity index (χ1n) is 6.48. The van der Waals surface area contributed by atoms with Crippen molar-refractivity contribution in [2.45, 2.75) is 11.8 Å². The number of carbonyl (C=O) groups excluding carboxylic acids is 1. The van der Waals surface area contributed by atoms with Gasteiger partial charge in [0.1, 0.15) is 6.26 Å². The fourth-order valence-electron chi connectivity index (χ4n) is 2.01. The van der Waals surface area contributed by atoms with E-state index in [0.717, 1.165) is 12.1 Å². The van der Waals surface area contributed by atoms with Crippen LogP contribution in [0.25, 0.3) is 0 Å². The number of hydroxylamine groups is 1. The lowest BCUT2D eigenvalue weighted by Crippen LogP contribution is -2.20. The van der Waals surface area contributed by atoms with Crippen LogP contribution in [-0.2, 0) is 11.2 Å². The number of hydrogen-bond donors (Lipinski definition) is 3. The first kappa shape index (κ1) is 17.2. The van der Waals surface area contributed by atoms with E-state index in [2.05, 4.69) is 5.32 Å². The van der Waals surface area contributed by atoms with Crippen molar-refractivity contribution in [1.82, 2.24) is 5.48 Å². The highest BCUT2D eigenvalue weighted by Crippen LogP contribution is 2.29. The second-order valence-corrected chi connectivity index (χ2v) is 6.16. The fourth-order valence-corrected chi connectivity index (χ4v) is 2.61. The molecule has 122 valence electrons. The van der Waals surface area contributed by atoms with Gasteiger partial charge in [0.05, 0.1) is 11.3 Å². The summed E-state index contributed by atoms with van der Waals surface area (Å²) in [5.74, 6) is -3.35. The van der Waals surface area contributed by atoms with Crippen molar-refractivity contribution >= 4 is 28.5 Å². The molecule has 2 aromatic carbocycles. The van der Waals surface area contributed by atoms with E-state index in [1.165, 1.54) is 11.7 Å². The number of hydrogen-bond acceptors (Lipinski definition) is 4. The van der Waals surface area contributed by atoms with Gasteiger partial charge in [-0.15, -0.1) is 0 Å². The summed E-state index contributed by atoms with van der Waals surface area (Å²) in [6.07, 6.45) is 1.53. The summed E-state index contributed by atoms with van der Waals surface area (Å²) in [6.45, 7) is 1.70. The third-order valence-electron chi connectivity index (χ3n) is 3.23. The van der Waals surface area contributed by atoms with E-state index >= 15 is 0 Å². The number of nitrogens with one attached hydrogen (secondary N) is 2. The van der Waals surface area contributed by atoms with Crippen LogP contribution in [0.15, 0.2) is 35.2 Å². The molecule has 0 heterocycles. The lowest BCUT2D eigenvalue weighted by molar-refractivity contribution is 0.0707. The summed E-state index contributed by atoms with van der Waals surface area (Å²) < 4.78 is 38.9. The van der Waals surface area contributed by atoms with Gasteiger partial charge in [-0.05, 0) is 54.0 Å². The van der Waals surface area contributed by atoms with E-state index in [1.807, 2.05) is 0 Å². The number of anilines is 2. The van der Waals surface area contributed by atoms with Crippen LogP contribution in [0.1, 0.15) is 15.9 Å². The molecule has 1 unspecified atom stereocenters. The summed E-state index contributed by atoms with van der Waals surface area (Å²) in [7, 11) is 0. The van der Waals surface area contributed by atoms with Gasteiger partial charge in [-0.3, -0.25) is 10.0 Å². The highest BCUT2D eigenvalue weighted by molar-refractivity contribution is 7.90. The molecule has 1 amide bonds. The van der Waals surface area contributed by atoms with Gasteiger partial charge in [-0.1, -0.05) is 0 Å². The van der Waals surface area contributed by atoms with E-state index in [-0.39, 0.29) is 5.56 Å². The summed E-state index contributed by atoms with van der Waals surface area (Å²) in [5.41, 5.74) is 1.78. The number of benzene rings is 2. The molecule has 0 aromatic heterocycles. The van der Waals surface area contributed by atoms with Crippen molar-refractivity contribution in [2.75, 3.05) is 11.6 Å². The normalized spacial score (nSPS) is 11.9. The van der Waals surface area contributed by atoms with Crippen molar-refractivity contribution in [3.8, 4) is 0 Å². The van der Waals surface area contributed by atoms with E-state index in [4.69, 9.17) is 5.21 Å². The van der Waals surface area contributed by atoms with E-state index in [9.17, 15) is 18.1 Å². The van der Waals surface area contributed by atoms with Crippen LogP contribution in [-0.4, -0.2) is 21.9 Å².